The molecule has 120 valence electrons. The number of nitrogens with one attached hydrogen (secondary N) is 1. The van der Waals surface area contributed by atoms with Crippen molar-refractivity contribution in [3.63, 3.8) is 0 Å². The molecule has 0 aromatic rings. The van der Waals surface area contributed by atoms with Crippen LogP contribution in [0, 0.1) is 5.92 Å². The molecule has 2 fully saturated rings. The van der Waals surface area contributed by atoms with E-state index in [-0.39, 0.29) is 12.0 Å². The van der Waals surface area contributed by atoms with E-state index >= 15 is 0 Å². The predicted molar refractivity (Wildman–Crippen MR) is 74.8 cm³/mol. The van der Waals surface area contributed by atoms with Crippen molar-refractivity contribution in [3.8, 4) is 0 Å². The molecular formula is C14H24N2O5. The largest absolute Gasteiger partial charge is 0.467 e. The highest BCUT2D eigenvalue weighted by Gasteiger charge is 2.50. The monoisotopic (exact) mass is 300 g/mol. The lowest BCUT2D eigenvalue weighted by Crippen LogP contribution is -2.48. The van der Waals surface area contributed by atoms with Crippen molar-refractivity contribution in [1.29, 1.82) is 0 Å². The molecule has 0 spiro atoms. The van der Waals surface area contributed by atoms with Gasteiger partial charge in [0.1, 0.15) is 5.60 Å². The van der Waals surface area contributed by atoms with Crippen molar-refractivity contribution in [3.05, 3.63) is 0 Å². The topological polar surface area (TPSA) is 77.1 Å². The summed E-state index contributed by atoms with van der Waals surface area (Å²) in [7, 11) is 1.32. The first-order valence-electron chi connectivity index (χ1n) is 7.23. The number of nitrogens with zero attached hydrogens (tertiary/aromatic N) is 1. The van der Waals surface area contributed by atoms with Crippen molar-refractivity contribution in [2.75, 3.05) is 33.4 Å². The number of carbonyl (C=O) groups is 2. The summed E-state index contributed by atoms with van der Waals surface area (Å²) in [6.07, 6.45) is -0.852. The van der Waals surface area contributed by atoms with Gasteiger partial charge in [-0.2, -0.15) is 0 Å². The van der Waals surface area contributed by atoms with E-state index in [0.29, 0.717) is 19.7 Å². The highest BCUT2D eigenvalue weighted by Crippen LogP contribution is 2.29. The van der Waals surface area contributed by atoms with Crippen LogP contribution in [0.1, 0.15) is 20.8 Å². The second kappa shape index (κ2) is 6.19. The molecule has 1 N–H and O–H groups in total. The number of amides is 1. The Morgan fingerprint density at radius 1 is 1.33 bits per heavy atom. The summed E-state index contributed by atoms with van der Waals surface area (Å²) in [6.45, 7) is 7.77. The molecule has 0 bridgehead atoms. The van der Waals surface area contributed by atoms with E-state index in [1.807, 2.05) is 0 Å². The molecule has 2 aliphatic heterocycles. The molecule has 2 rings (SSSR count). The van der Waals surface area contributed by atoms with Crippen LogP contribution in [0.4, 0.5) is 4.79 Å². The molecule has 7 nitrogen and oxygen atoms in total. The van der Waals surface area contributed by atoms with Crippen LogP contribution in [0.2, 0.25) is 0 Å². The Kier molecular flexibility index (Phi) is 4.73. The summed E-state index contributed by atoms with van der Waals surface area (Å²) < 4.78 is 16.0. The Bertz CT molecular complexity index is 407. The van der Waals surface area contributed by atoms with Gasteiger partial charge in [-0.1, -0.05) is 0 Å². The lowest BCUT2D eigenvalue weighted by Gasteiger charge is -2.28. The zero-order valence-corrected chi connectivity index (χ0v) is 13.0. The summed E-state index contributed by atoms with van der Waals surface area (Å²) in [4.78, 5) is 25.9. The Balaban J connectivity index is 2.19. The van der Waals surface area contributed by atoms with Gasteiger partial charge in [0.05, 0.1) is 19.8 Å². The number of methoxy groups -OCH3 is 1. The predicted octanol–water partition coefficient (Wildman–Crippen LogP) is 0.383. The molecule has 2 aliphatic rings. The first kappa shape index (κ1) is 16.0. The quantitative estimate of drug-likeness (QED) is 0.706. The molecular weight excluding hydrogens is 276 g/mol. The van der Waals surface area contributed by atoms with Gasteiger partial charge >= 0.3 is 12.1 Å². The number of carbonyl (C=O) groups excluding carboxylic acids is 2. The molecule has 3 atom stereocenters. The molecule has 0 aromatic heterocycles. The third kappa shape index (κ3) is 3.65. The van der Waals surface area contributed by atoms with Crippen molar-refractivity contribution in [2.45, 2.75) is 38.5 Å². The SMILES string of the molecule is COC(=O)C1C2OCCNC[C@H]2CN1C(=O)OC(C)(C)C. The molecule has 0 saturated carbocycles. The average molecular weight is 300 g/mol. The fourth-order valence-electron chi connectivity index (χ4n) is 2.76. The van der Waals surface area contributed by atoms with Crippen molar-refractivity contribution in [2.24, 2.45) is 5.92 Å². The highest BCUT2D eigenvalue weighted by molar-refractivity contribution is 5.83. The van der Waals surface area contributed by atoms with Crippen LogP contribution < -0.4 is 5.32 Å². The van der Waals surface area contributed by atoms with Gasteiger partial charge < -0.3 is 19.5 Å². The number of hydrogen-bond acceptors (Lipinski definition) is 6. The molecule has 0 aromatic carbocycles. The summed E-state index contributed by atoms with van der Waals surface area (Å²) in [5.74, 6) is -0.403. The lowest BCUT2D eigenvalue weighted by atomic mass is 10.0. The van der Waals surface area contributed by atoms with Crippen molar-refractivity contribution in [1.82, 2.24) is 10.2 Å². The highest BCUT2D eigenvalue weighted by atomic mass is 16.6. The zero-order chi connectivity index (χ0) is 15.6. The van der Waals surface area contributed by atoms with Crippen molar-refractivity contribution < 1.29 is 23.8 Å². The fraction of sp³-hybridized carbons (Fsp3) is 0.857. The molecule has 1 amide bonds. The van der Waals surface area contributed by atoms with E-state index in [9.17, 15) is 9.59 Å². The maximum atomic E-state index is 12.3. The van der Waals surface area contributed by atoms with E-state index in [2.05, 4.69) is 5.32 Å². The Hall–Kier alpha value is -1.34. The number of rotatable bonds is 1. The average Bonchev–Trinajstić information content (AvgIpc) is 2.59. The molecule has 0 radical (unpaired) electrons. The Labute approximate surface area is 124 Å². The van der Waals surface area contributed by atoms with Crippen LogP contribution in [0.3, 0.4) is 0 Å². The fourth-order valence-corrected chi connectivity index (χ4v) is 2.76. The third-order valence-corrected chi connectivity index (χ3v) is 3.61. The van der Waals surface area contributed by atoms with Gasteiger partial charge in [0.2, 0.25) is 0 Å². The van der Waals surface area contributed by atoms with E-state index in [0.717, 1.165) is 6.54 Å². The van der Waals surface area contributed by atoms with E-state index in [4.69, 9.17) is 14.2 Å². The minimum absolute atomic E-state index is 0.0594. The van der Waals surface area contributed by atoms with Gasteiger partial charge in [0, 0.05) is 25.6 Å². The summed E-state index contributed by atoms with van der Waals surface area (Å²) in [5.41, 5.74) is -0.610. The second-order valence-electron chi connectivity index (χ2n) is 6.40. The maximum Gasteiger partial charge on any atom is 0.411 e. The molecule has 7 heteroatoms. The standard InChI is InChI=1S/C14H24N2O5/c1-14(2,3)21-13(18)16-8-9-7-15-5-6-20-11(9)10(16)12(17)19-4/h9-11,15H,5-8H2,1-4H3/t9-,10?,11?/m0/s1. The van der Waals surface area contributed by atoms with Crippen LogP contribution in [-0.4, -0.2) is 68.1 Å². The Morgan fingerprint density at radius 3 is 2.67 bits per heavy atom. The zero-order valence-electron chi connectivity index (χ0n) is 13.0. The number of likely N-dealkylation sites (tertiary alicyclic amines) is 1. The normalized spacial score (nSPS) is 29.5. The number of fused-ring (bicyclic) bond motifs is 1. The van der Waals surface area contributed by atoms with Crippen LogP contribution in [-0.2, 0) is 19.0 Å². The van der Waals surface area contributed by atoms with Gasteiger partial charge in [0.25, 0.3) is 0 Å². The van der Waals surface area contributed by atoms with Gasteiger partial charge in [0.15, 0.2) is 6.04 Å². The molecule has 2 unspecified atom stereocenters. The van der Waals surface area contributed by atoms with Gasteiger partial charge in [-0.15, -0.1) is 0 Å². The number of hydrogen-bond donors (Lipinski definition) is 1. The molecule has 2 heterocycles. The van der Waals surface area contributed by atoms with Crippen LogP contribution in [0.5, 0.6) is 0 Å². The molecule has 21 heavy (non-hydrogen) atoms. The van der Waals surface area contributed by atoms with Crippen LogP contribution >= 0.6 is 0 Å². The summed E-state index contributed by atoms with van der Waals surface area (Å²) in [6, 6.07) is -0.741. The number of ether oxygens (including phenoxy) is 3. The molecule has 2 saturated heterocycles. The second-order valence-corrected chi connectivity index (χ2v) is 6.40. The van der Waals surface area contributed by atoms with Gasteiger partial charge in [-0.3, -0.25) is 4.90 Å². The van der Waals surface area contributed by atoms with Crippen LogP contribution in [0.25, 0.3) is 0 Å². The van der Waals surface area contributed by atoms with E-state index in [1.54, 1.807) is 20.8 Å². The smallest absolute Gasteiger partial charge is 0.411 e. The van der Waals surface area contributed by atoms with Crippen LogP contribution in [0.15, 0.2) is 0 Å². The minimum atomic E-state index is -0.741. The van der Waals surface area contributed by atoms with E-state index < -0.39 is 23.7 Å². The van der Waals surface area contributed by atoms with Crippen molar-refractivity contribution >= 4 is 12.1 Å². The first-order chi connectivity index (χ1) is 9.83. The maximum absolute atomic E-state index is 12.3. The minimum Gasteiger partial charge on any atom is -0.467 e. The lowest BCUT2D eigenvalue weighted by molar-refractivity contribution is -0.150. The number of esters is 1. The third-order valence-electron chi connectivity index (χ3n) is 3.61. The van der Waals surface area contributed by atoms with Gasteiger partial charge in [-0.25, -0.2) is 9.59 Å². The van der Waals surface area contributed by atoms with E-state index in [1.165, 1.54) is 12.0 Å². The summed E-state index contributed by atoms with van der Waals surface area (Å²) >= 11 is 0. The first-order valence-corrected chi connectivity index (χ1v) is 7.23. The summed E-state index contributed by atoms with van der Waals surface area (Å²) in [5, 5.41) is 3.25. The molecule has 0 aliphatic carbocycles. The van der Waals surface area contributed by atoms with Gasteiger partial charge in [-0.05, 0) is 20.8 Å². The Morgan fingerprint density at radius 2 is 2.05 bits per heavy atom.